The van der Waals surface area contributed by atoms with Gasteiger partial charge in [-0.1, -0.05) is 31.3 Å². The predicted octanol–water partition coefficient (Wildman–Crippen LogP) is 8.17. The van der Waals surface area contributed by atoms with Crippen LogP contribution in [0, 0.1) is 39.8 Å². The molecule has 57 heavy (non-hydrogen) atoms. The van der Waals surface area contributed by atoms with Crippen LogP contribution in [0.1, 0.15) is 99.3 Å². The SMILES string of the molecule is CNCCOC12CC3(C)CC4(CN/C(C)=C(\C=N)c5ccc(N6CCCc7c6nnc(Nc6nc8cccc(F)c8s6)c7C)nc5C(=O)O)CCC(C)(C1)C2(C3)C4. The number of aromatic carboxylic acids is 1. The maximum atomic E-state index is 14.4. The molecule has 0 amide bonds. The highest BCUT2D eigenvalue weighted by atomic mass is 32.1. The summed E-state index contributed by atoms with van der Waals surface area (Å²) in [6, 6.07) is 8.42. The smallest absolute Gasteiger partial charge is 0.355 e. The molecule has 4 heterocycles. The maximum absolute atomic E-state index is 14.4. The van der Waals surface area contributed by atoms with E-state index in [9.17, 15) is 14.3 Å². The van der Waals surface area contributed by atoms with Gasteiger partial charge >= 0.3 is 5.97 Å². The lowest BCUT2D eigenvalue weighted by Gasteiger charge is -2.73. The summed E-state index contributed by atoms with van der Waals surface area (Å²) in [7, 11) is 1.98. The highest BCUT2D eigenvalue weighted by molar-refractivity contribution is 7.22. The Hall–Kier alpha value is -4.53. The van der Waals surface area contributed by atoms with Gasteiger partial charge < -0.3 is 36.1 Å². The number of fused-ring (bicyclic) bond motifs is 4. The molecule has 5 aliphatic rings. The molecule has 4 saturated carbocycles. The number of rotatable bonds is 13. The number of hydrogen-bond acceptors (Lipinski definition) is 12. The summed E-state index contributed by atoms with van der Waals surface area (Å²) < 4.78 is 21.7. The average molecular weight is 794 g/mol. The first-order valence-electron chi connectivity index (χ1n) is 20.2. The van der Waals surface area contributed by atoms with Crippen LogP contribution < -0.4 is 20.9 Å². The van der Waals surface area contributed by atoms with Crippen LogP contribution in [0.5, 0.6) is 0 Å². The molecular weight excluding hydrogens is 742 g/mol. The van der Waals surface area contributed by atoms with E-state index in [1.807, 2.05) is 31.9 Å². The van der Waals surface area contributed by atoms with E-state index >= 15 is 0 Å². The number of benzene rings is 1. The number of thiazole rings is 1. The Morgan fingerprint density at radius 2 is 1.95 bits per heavy atom. The molecule has 4 fully saturated rings. The number of allylic oxidation sites excluding steroid dienone is 2. The van der Waals surface area contributed by atoms with Crippen LogP contribution in [-0.2, 0) is 11.2 Å². The van der Waals surface area contributed by atoms with Crippen LogP contribution in [0.25, 0.3) is 15.8 Å². The summed E-state index contributed by atoms with van der Waals surface area (Å²) in [5, 5.41) is 38.8. The first-order valence-corrected chi connectivity index (χ1v) is 21.0. The normalized spacial score (nSPS) is 30.0. The minimum absolute atomic E-state index is 0.0400. The number of nitrogens with one attached hydrogen (secondary N) is 4. The molecule has 14 heteroatoms. The van der Waals surface area contributed by atoms with Crippen molar-refractivity contribution >= 4 is 61.9 Å². The molecule has 300 valence electrons. The number of halogens is 1. The molecule has 5 atom stereocenters. The maximum Gasteiger partial charge on any atom is 0.355 e. The number of carboxylic acids is 1. The van der Waals surface area contributed by atoms with Gasteiger partial charge in [-0.2, -0.15) is 0 Å². The predicted molar refractivity (Wildman–Crippen MR) is 222 cm³/mol. The van der Waals surface area contributed by atoms with Crippen LogP contribution in [0.4, 0.5) is 27.0 Å². The fraction of sp³-hybridized carbons (Fsp3) is 0.535. The zero-order valence-corrected chi connectivity index (χ0v) is 34.3. The molecule has 0 saturated heterocycles. The van der Waals surface area contributed by atoms with E-state index in [2.05, 4.69) is 45.0 Å². The standard InChI is InChI=1S/C43H52FN9O3S/c1-25-27-8-7-16-53(36(27)52-51-35(25)50-38-48-31-10-6-9-30(44)34(31)57-38)32-12-11-28(33(49-32)37(54)55)29(18-45)26(2)47-24-41-14-13-40(4)22-43(56-17-15-46-5)21-39(3,19-41)20-42(40,43)23-41/h6,9-12,18,45-47H,7-8,13-17,19-24H2,1-5H3,(H,54,55)(H,48,50,51)/b29-26+,45-18?. The highest BCUT2D eigenvalue weighted by Crippen LogP contribution is 2.85. The minimum Gasteiger partial charge on any atom is -0.476 e. The lowest BCUT2D eigenvalue weighted by molar-refractivity contribution is -0.299. The number of aromatic nitrogens is 4. The fourth-order valence-corrected chi connectivity index (χ4v) is 13.2. The number of ether oxygens (including phenoxy) is 1. The Morgan fingerprint density at radius 3 is 2.72 bits per heavy atom. The number of likely N-dealkylation sites (N-methyl/N-ethyl adjacent to an activating group) is 1. The largest absolute Gasteiger partial charge is 0.476 e. The summed E-state index contributed by atoms with van der Waals surface area (Å²) in [5.41, 5.74) is 4.80. The highest BCUT2D eigenvalue weighted by Gasteiger charge is 2.82. The summed E-state index contributed by atoms with van der Waals surface area (Å²) in [5.74, 6) is 0.139. The van der Waals surface area contributed by atoms with E-state index in [0.717, 1.165) is 81.5 Å². The quantitative estimate of drug-likeness (QED) is 0.0656. The fourth-order valence-electron chi connectivity index (χ4n) is 12.3. The van der Waals surface area contributed by atoms with Gasteiger partial charge in [0.15, 0.2) is 22.5 Å². The van der Waals surface area contributed by atoms with Gasteiger partial charge in [-0.25, -0.2) is 19.2 Å². The summed E-state index contributed by atoms with van der Waals surface area (Å²) in [4.78, 5) is 24.0. The number of anilines is 4. The van der Waals surface area contributed by atoms with Crippen LogP contribution in [0.3, 0.4) is 0 Å². The third-order valence-electron chi connectivity index (χ3n) is 14.5. The second kappa shape index (κ2) is 13.5. The van der Waals surface area contributed by atoms with Gasteiger partial charge in [0.05, 0.1) is 22.4 Å². The zero-order chi connectivity index (χ0) is 40.0. The van der Waals surface area contributed by atoms with E-state index in [0.29, 0.717) is 55.9 Å². The van der Waals surface area contributed by atoms with Crippen molar-refractivity contribution < 1.29 is 19.0 Å². The first kappa shape index (κ1) is 38.0. The molecule has 5 unspecified atom stereocenters. The van der Waals surface area contributed by atoms with Crippen LogP contribution >= 0.6 is 11.3 Å². The molecule has 12 nitrogen and oxygen atoms in total. The van der Waals surface area contributed by atoms with Gasteiger partial charge in [0.1, 0.15) is 11.6 Å². The summed E-state index contributed by atoms with van der Waals surface area (Å²) >= 11 is 1.22. The monoisotopic (exact) mass is 793 g/mol. The molecule has 0 radical (unpaired) electrons. The van der Waals surface area contributed by atoms with Crippen molar-refractivity contribution in [2.45, 2.75) is 91.1 Å². The molecular formula is C43H52FN9O3S. The Kier molecular flexibility index (Phi) is 9.02. The molecule has 1 aliphatic heterocycles. The molecule has 1 spiro atoms. The molecule has 3 bridgehead atoms. The van der Waals surface area contributed by atoms with Crippen LogP contribution in [0.2, 0.25) is 0 Å². The Bertz CT molecular complexity index is 2350. The van der Waals surface area contributed by atoms with Gasteiger partial charge in [-0.05, 0) is 119 Å². The topological polar surface area (TPSA) is 161 Å². The Morgan fingerprint density at radius 1 is 1.11 bits per heavy atom. The second-order valence-electron chi connectivity index (χ2n) is 18.2. The van der Waals surface area contributed by atoms with Gasteiger partial charge in [0.2, 0.25) is 0 Å². The van der Waals surface area contributed by atoms with E-state index < -0.39 is 5.97 Å². The number of hydrogen-bond donors (Lipinski definition) is 5. The lowest BCUT2D eigenvalue weighted by atomic mass is 9.34. The number of nitrogens with zero attached hydrogens (tertiary/aromatic N) is 5. The van der Waals surface area contributed by atoms with Crippen molar-refractivity contribution in [3.8, 4) is 0 Å². The molecule has 9 rings (SSSR count). The third-order valence-corrected chi connectivity index (χ3v) is 15.5. The van der Waals surface area contributed by atoms with Crippen molar-refractivity contribution in [3.05, 3.63) is 64.2 Å². The first-order chi connectivity index (χ1) is 27.3. The van der Waals surface area contributed by atoms with Crippen molar-refractivity contribution in [1.29, 1.82) is 5.41 Å². The lowest BCUT2D eigenvalue weighted by Crippen LogP contribution is -2.71. The van der Waals surface area contributed by atoms with E-state index in [-0.39, 0.29) is 33.4 Å². The van der Waals surface area contributed by atoms with Crippen molar-refractivity contribution in [2.24, 2.45) is 21.7 Å². The third kappa shape index (κ3) is 5.87. The molecule has 1 aromatic carbocycles. The van der Waals surface area contributed by atoms with E-state index in [1.54, 1.807) is 18.2 Å². The van der Waals surface area contributed by atoms with Gasteiger partial charge in [0, 0.05) is 59.2 Å². The zero-order valence-electron chi connectivity index (χ0n) is 33.4. The Balaban J connectivity index is 0.965. The van der Waals surface area contributed by atoms with Crippen molar-refractivity contribution in [2.75, 3.05) is 43.5 Å². The molecule has 3 aromatic heterocycles. The molecule has 5 N–H and O–H groups in total. The minimum atomic E-state index is -1.16. The van der Waals surface area contributed by atoms with Crippen LogP contribution in [0.15, 0.2) is 36.0 Å². The Labute approximate surface area is 336 Å². The van der Waals surface area contributed by atoms with E-state index in [1.165, 1.54) is 36.5 Å². The summed E-state index contributed by atoms with van der Waals surface area (Å²) in [6.45, 7) is 11.9. The van der Waals surface area contributed by atoms with Gasteiger partial charge in [-0.3, -0.25) is 0 Å². The number of carbonyl (C=O) groups is 1. The van der Waals surface area contributed by atoms with Gasteiger partial charge in [0.25, 0.3) is 0 Å². The molecule has 4 aromatic rings. The van der Waals surface area contributed by atoms with Gasteiger partial charge in [-0.15, -0.1) is 10.2 Å². The van der Waals surface area contributed by atoms with Crippen molar-refractivity contribution in [3.63, 3.8) is 0 Å². The van der Waals surface area contributed by atoms with E-state index in [4.69, 9.17) is 15.1 Å². The summed E-state index contributed by atoms with van der Waals surface area (Å²) in [6.07, 6.45) is 11.0. The van der Waals surface area contributed by atoms with Crippen LogP contribution in [-0.4, -0.2) is 76.3 Å². The number of pyridine rings is 1. The average Bonchev–Trinajstić information content (AvgIpc) is 3.67. The number of carboxylic acid groups (broad SMARTS) is 1. The second-order valence-corrected chi connectivity index (χ2v) is 19.2. The molecule has 4 aliphatic carbocycles. The van der Waals surface area contributed by atoms with Crippen molar-refractivity contribution in [1.82, 2.24) is 30.8 Å².